The zero-order valence-electron chi connectivity index (χ0n) is 10.3. The summed E-state index contributed by atoms with van der Waals surface area (Å²) in [4.78, 5) is 4.48. The summed E-state index contributed by atoms with van der Waals surface area (Å²) >= 11 is 5.40. The molecular weight excluding hydrogens is 236 g/mol. The molecule has 1 heterocycles. The Morgan fingerprint density at radius 3 is 2.35 bits per heavy atom. The monoisotopic (exact) mass is 250 g/mol. The lowest BCUT2D eigenvalue weighted by atomic mass is 10.2. The molecule has 4 nitrogen and oxygen atoms in total. The van der Waals surface area contributed by atoms with E-state index >= 15 is 0 Å². The van der Waals surface area contributed by atoms with Crippen LogP contribution in [0.4, 0.5) is 0 Å². The van der Waals surface area contributed by atoms with Crippen LogP contribution in [0.2, 0.25) is 0 Å². The highest BCUT2D eigenvalue weighted by molar-refractivity contribution is 7.71. The van der Waals surface area contributed by atoms with E-state index in [1.807, 2.05) is 30.7 Å². The van der Waals surface area contributed by atoms with Gasteiger partial charge in [-0.05, 0) is 13.0 Å². The average Bonchev–Trinajstić information content (AvgIpc) is 2.34. The van der Waals surface area contributed by atoms with Crippen LogP contribution in [0, 0.1) is 11.6 Å². The lowest BCUT2D eigenvalue weighted by Crippen LogP contribution is -2.02. The van der Waals surface area contributed by atoms with Crippen LogP contribution in [0.3, 0.4) is 0 Å². The molecule has 17 heavy (non-hydrogen) atoms. The summed E-state index contributed by atoms with van der Waals surface area (Å²) in [5, 5.41) is 0.894. The summed E-state index contributed by atoms with van der Waals surface area (Å²) < 4.78 is 13.1. The SMILES string of the molecule is COc1cc2nc(C)n(C)c(=S)c2cc1OC. The van der Waals surface area contributed by atoms with Gasteiger partial charge in [-0.25, -0.2) is 4.98 Å². The number of aromatic nitrogens is 2. The standard InChI is InChI=1S/C12H14N2O2S/c1-7-13-9-6-11(16-4)10(15-3)5-8(9)12(17)14(7)2/h5-6H,1-4H3. The first-order valence-electron chi connectivity index (χ1n) is 5.18. The fourth-order valence-corrected chi connectivity index (χ4v) is 2.00. The fraction of sp³-hybridized carbons (Fsp3) is 0.333. The molecule has 0 atom stereocenters. The maximum Gasteiger partial charge on any atom is 0.162 e. The minimum atomic E-state index is 0.662. The quantitative estimate of drug-likeness (QED) is 0.768. The average molecular weight is 250 g/mol. The van der Waals surface area contributed by atoms with Crippen molar-refractivity contribution in [3.05, 3.63) is 22.6 Å². The molecule has 0 fully saturated rings. The van der Waals surface area contributed by atoms with E-state index in [1.165, 1.54) is 0 Å². The Kier molecular flexibility index (Phi) is 3.02. The number of benzene rings is 1. The lowest BCUT2D eigenvalue weighted by Gasteiger charge is -2.11. The van der Waals surface area contributed by atoms with Gasteiger partial charge in [-0.2, -0.15) is 0 Å². The van der Waals surface area contributed by atoms with Crippen molar-refractivity contribution in [1.82, 2.24) is 9.55 Å². The zero-order chi connectivity index (χ0) is 12.6. The molecule has 0 radical (unpaired) electrons. The molecule has 0 aliphatic carbocycles. The topological polar surface area (TPSA) is 36.3 Å². The van der Waals surface area contributed by atoms with Crippen LogP contribution in [0.25, 0.3) is 10.9 Å². The van der Waals surface area contributed by atoms with Crippen molar-refractivity contribution in [2.24, 2.45) is 7.05 Å². The maximum absolute atomic E-state index is 5.40. The van der Waals surface area contributed by atoms with Gasteiger partial charge in [0.05, 0.1) is 19.7 Å². The number of rotatable bonds is 2. The van der Waals surface area contributed by atoms with Crippen LogP contribution in [0.1, 0.15) is 5.82 Å². The number of hydrogen-bond acceptors (Lipinski definition) is 4. The van der Waals surface area contributed by atoms with E-state index in [1.54, 1.807) is 14.2 Å². The summed E-state index contributed by atoms with van der Waals surface area (Å²) in [6.45, 7) is 1.92. The normalized spacial score (nSPS) is 10.6. The lowest BCUT2D eigenvalue weighted by molar-refractivity contribution is 0.355. The summed E-state index contributed by atoms with van der Waals surface area (Å²) in [6, 6.07) is 3.71. The molecule has 0 unspecified atom stereocenters. The third-order valence-electron chi connectivity index (χ3n) is 2.80. The molecule has 2 aromatic rings. The van der Waals surface area contributed by atoms with Crippen LogP contribution >= 0.6 is 12.2 Å². The molecule has 0 spiro atoms. The van der Waals surface area contributed by atoms with E-state index in [2.05, 4.69) is 4.98 Å². The number of nitrogens with zero attached hydrogens (tertiary/aromatic N) is 2. The molecule has 0 N–H and O–H groups in total. The van der Waals surface area contributed by atoms with Crippen molar-refractivity contribution >= 4 is 23.1 Å². The van der Waals surface area contributed by atoms with Crippen LogP contribution in [0.5, 0.6) is 11.5 Å². The number of methoxy groups -OCH3 is 2. The van der Waals surface area contributed by atoms with Crippen molar-refractivity contribution in [2.45, 2.75) is 6.92 Å². The fourth-order valence-electron chi connectivity index (χ4n) is 1.71. The predicted octanol–water partition coefficient (Wildman–Crippen LogP) is 2.63. The molecule has 0 aliphatic heterocycles. The molecule has 0 aliphatic rings. The molecular formula is C12H14N2O2S. The van der Waals surface area contributed by atoms with Crippen LogP contribution in [-0.4, -0.2) is 23.8 Å². The number of ether oxygens (including phenoxy) is 2. The van der Waals surface area contributed by atoms with E-state index in [-0.39, 0.29) is 0 Å². The molecule has 1 aromatic carbocycles. The van der Waals surface area contributed by atoms with E-state index in [0.717, 1.165) is 21.4 Å². The first-order chi connectivity index (χ1) is 8.08. The van der Waals surface area contributed by atoms with Crippen molar-refractivity contribution in [3.63, 3.8) is 0 Å². The Bertz CT molecular complexity index is 634. The molecule has 1 aromatic heterocycles. The molecule has 0 saturated heterocycles. The molecule has 0 amide bonds. The second-order valence-corrected chi connectivity index (χ2v) is 4.13. The number of hydrogen-bond donors (Lipinski definition) is 0. The van der Waals surface area contributed by atoms with Gasteiger partial charge < -0.3 is 14.0 Å². The Labute approximate surface area is 105 Å². The highest BCUT2D eigenvalue weighted by Crippen LogP contribution is 2.31. The second-order valence-electron chi connectivity index (χ2n) is 3.75. The Morgan fingerprint density at radius 1 is 1.18 bits per heavy atom. The van der Waals surface area contributed by atoms with Gasteiger partial charge in [0.15, 0.2) is 11.5 Å². The van der Waals surface area contributed by atoms with Gasteiger partial charge in [-0.3, -0.25) is 0 Å². The third-order valence-corrected chi connectivity index (χ3v) is 3.30. The largest absolute Gasteiger partial charge is 0.493 e. The molecule has 2 rings (SSSR count). The second kappa shape index (κ2) is 4.33. The minimum absolute atomic E-state index is 0.662. The van der Waals surface area contributed by atoms with Gasteiger partial charge in [-0.15, -0.1) is 0 Å². The van der Waals surface area contributed by atoms with E-state index in [0.29, 0.717) is 11.5 Å². The Balaban J connectivity index is 2.88. The van der Waals surface area contributed by atoms with Crippen molar-refractivity contribution in [3.8, 4) is 11.5 Å². The summed E-state index contributed by atoms with van der Waals surface area (Å²) in [5.41, 5.74) is 0.822. The summed E-state index contributed by atoms with van der Waals surface area (Å²) in [6.07, 6.45) is 0. The van der Waals surface area contributed by atoms with Gasteiger partial charge in [0.1, 0.15) is 10.5 Å². The minimum Gasteiger partial charge on any atom is -0.493 e. The van der Waals surface area contributed by atoms with Crippen molar-refractivity contribution in [1.29, 1.82) is 0 Å². The maximum atomic E-state index is 5.40. The zero-order valence-corrected chi connectivity index (χ0v) is 11.1. The van der Waals surface area contributed by atoms with Crippen molar-refractivity contribution in [2.75, 3.05) is 14.2 Å². The van der Waals surface area contributed by atoms with Crippen LogP contribution in [-0.2, 0) is 7.05 Å². The summed E-state index contributed by atoms with van der Waals surface area (Å²) in [5.74, 6) is 2.20. The number of aryl methyl sites for hydroxylation is 1. The highest BCUT2D eigenvalue weighted by atomic mass is 32.1. The predicted molar refractivity (Wildman–Crippen MR) is 69.4 cm³/mol. The first kappa shape index (κ1) is 11.9. The van der Waals surface area contributed by atoms with Crippen LogP contribution < -0.4 is 9.47 Å². The van der Waals surface area contributed by atoms with Gasteiger partial charge >= 0.3 is 0 Å². The van der Waals surface area contributed by atoms with E-state index in [4.69, 9.17) is 21.7 Å². The van der Waals surface area contributed by atoms with E-state index in [9.17, 15) is 0 Å². The Hall–Kier alpha value is -1.62. The van der Waals surface area contributed by atoms with Gasteiger partial charge in [0.25, 0.3) is 0 Å². The van der Waals surface area contributed by atoms with Gasteiger partial charge in [-0.1, -0.05) is 12.2 Å². The van der Waals surface area contributed by atoms with E-state index < -0.39 is 0 Å². The van der Waals surface area contributed by atoms with Gasteiger partial charge in [0.2, 0.25) is 0 Å². The number of fused-ring (bicyclic) bond motifs is 1. The van der Waals surface area contributed by atoms with Crippen molar-refractivity contribution < 1.29 is 9.47 Å². The third kappa shape index (κ3) is 1.86. The molecule has 90 valence electrons. The smallest absolute Gasteiger partial charge is 0.162 e. The Morgan fingerprint density at radius 2 is 1.76 bits per heavy atom. The summed E-state index contributed by atoms with van der Waals surface area (Å²) in [7, 11) is 5.11. The molecule has 0 saturated carbocycles. The molecule has 5 heteroatoms. The van der Waals surface area contributed by atoms with Gasteiger partial charge in [0, 0.05) is 18.5 Å². The van der Waals surface area contributed by atoms with Crippen LogP contribution in [0.15, 0.2) is 12.1 Å². The first-order valence-corrected chi connectivity index (χ1v) is 5.58. The molecule has 0 bridgehead atoms. The highest BCUT2D eigenvalue weighted by Gasteiger charge is 2.09.